The fraction of sp³-hybridized carbons (Fsp3) is 0.583. The average Bonchev–Trinajstić information content (AvgIpc) is 2.79. The van der Waals surface area contributed by atoms with Gasteiger partial charge in [-0.25, -0.2) is 4.79 Å². The van der Waals surface area contributed by atoms with E-state index in [1.807, 2.05) is 0 Å². The quantitative estimate of drug-likeness (QED) is 0.855. The number of ether oxygens (including phenoxy) is 1. The molecule has 1 fully saturated rings. The Bertz CT molecular complexity index is 511. The van der Waals surface area contributed by atoms with Crippen molar-refractivity contribution in [3.8, 4) is 0 Å². The highest BCUT2D eigenvalue weighted by molar-refractivity contribution is 7.10. The predicted molar refractivity (Wildman–Crippen MR) is 74.3 cm³/mol. The van der Waals surface area contributed by atoms with Gasteiger partial charge in [0.1, 0.15) is 16.6 Å². The van der Waals surface area contributed by atoms with Crippen molar-refractivity contribution < 1.29 is 19.4 Å². The maximum Gasteiger partial charge on any atom is 0.340 e. The number of aromatic nitrogens is 1. The Morgan fingerprint density at radius 1 is 1.45 bits per heavy atom. The summed E-state index contributed by atoms with van der Waals surface area (Å²) in [5.74, 6) is -1.10. The molecule has 1 aliphatic rings. The Balaban J connectivity index is 2.05. The van der Waals surface area contributed by atoms with Crippen LogP contribution in [0.15, 0.2) is 0 Å². The first-order valence-electron chi connectivity index (χ1n) is 6.33. The van der Waals surface area contributed by atoms with E-state index in [0.717, 1.165) is 11.5 Å². The van der Waals surface area contributed by atoms with Crippen LogP contribution in [-0.4, -0.2) is 58.6 Å². The SMILES string of the molecule is Cc1nsc(NC(C)C(=O)N2CCOCC2)c1C(=O)O. The standard InChI is InChI=1S/C12H17N3O4S/c1-7-9(12(17)18)10(20-14-7)13-8(2)11(16)15-3-5-19-6-4-15/h8,13H,3-6H2,1-2H3,(H,17,18). The molecule has 2 rings (SSSR count). The molecule has 20 heavy (non-hydrogen) atoms. The number of amides is 1. The molecule has 1 aromatic rings. The number of nitrogens with zero attached hydrogens (tertiary/aromatic N) is 2. The van der Waals surface area contributed by atoms with Gasteiger partial charge in [0.15, 0.2) is 0 Å². The predicted octanol–water partition coefficient (Wildman–Crippen LogP) is 0.809. The minimum absolute atomic E-state index is 0.0595. The Morgan fingerprint density at radius 3 is 2.70 bits per heavy atom. The Labute approximate surface area is 120 Å². The van der Waals surface area contributed by atoms with Crippen LogP contribution in [0.25, 0.3) is 0 Å². The first-order valence-corrected chi connectivity index (χ1v) is 7.10. The molecular formula is C12H17N3O4S. The van der Waals surface area contributed by atoms with Crippen molar-refractivity contribution in [3.63, 3.8) is 0 Å². The monoisotopic (exact) mass is 299 g/mol. The van der Waals surface area contributed by atoms with Crippen molar-refractivity contribution in [3.05, 3.63) is 11.3 Å². The number of carbonyl (C=O) groups excluding carboxylic acids is 1. The molecule has 1 atom stereocenters. The van der Waals surface area contributed by atoms with Gasteiger partial charge in [0, 0.05) is 13.1 Å². The average molecular weight is 299 g/mol. The van der Waals surface area contributed by atoms with E-state index >= 15 is 0 Å². The van der Waals surface area contributed by atoms with Crippen molar-refractivity contribution >= 4 is 28.4 Å². The molecule has 2 N–H and O–H groups in total. The lowest BCUT2D eigenvalue weighted by Gasteiger charge is -2.29. The maximum absolute atomic E-state index is 12.2. The Morgan fingerprint density at radius 2 is 2.10 bits per heavy atom. The van der Waals surface area contributed by atoms with Crippen LogP contribution in [0.1, 0.15) is 23.0 Å². The van der Waals surface area contributed by atoms with Crippen molar-refractivity contribution in [1.29, 1.82) is 0 Å². The second-order valence-corrected chi connectivity index (χ2v) is 5.35. The molecule has 7 nitrogen and oxygen atoms in total. The fourth-order valence-electron chi connectivity index (χ4n) is 2.04. The minimum atomic E-state index is -1.04. The smallest absolute Gasteiger partial charge is 0.340 e. The zero-order valence-corrected chi connectivity index (χ0v) is 12.2. The van der Waals surface area contributed by atoms with Gasteiger partial charge in [-0.15, -0.1) is 0 Å². The van der Waals surface area contributed by atoms with Crippen molar-refractivity contribution in [1.82, 2.24) is 9.27 Å². The van der Waals surface area contributed by atoms with Gasteiger partial charge in [-0.3, -0.25) is 4.79 Å². The molecule has 1 amide bonds. The van der Waals surface area contributed by atoms with E-state index < -0.39 is 12.0 Å². The molecule has 0 aliphatic carbocycles. The molecule has 1 saturated heterocycles. The van der Waals surface area contributed by atoms with Crippen molar-refractivity contribution in [2.24, 2.45) is 0 Å². The number of morpholine rings is 1. The molecule has 1 aliphatic heterocycles. The minimum Gasteiger partial charge on any atom is -0.478 e. The fourth-order valence-corrected chi connectivity index (χ4v) is 2.91. The van der Waals surface area contributed by atoms with E-state index in [9.17, 15) is 9.59 Å². The van der Waals surface area contributed by atoms with Gasteiger partial charge in [-0.2, -0.15) is 4.37 Å². The second-order valence-electron chi connectivity index (χ2n) is 4.58. The van der Waals surface area contributed by atoms with E-state index in [2.05, 4.69) is 9.69 Å². The summed E-state index contributed by atoms with van der Waals surface area (Å²) in [6, 6.07) is -0.494. The van der Waals surface area contributed by atoms with Crippen LogP contribution >= 0.6 is 11.5 Å². The number of hydrogen-bond acceptors (Lipinski definition) is 6. The lowest BCUT2D eigenvalue weighted by atomic mass is 10.2. The zero-order chi connectivity index (χ0) is 14.7. The third-order valence-electron chi connectivity index (χ3n) is 3.12. The van der Waals surface area contributed by atoms with Crippen molar-refractivity contribution in [2.75, 3.05) is 31.6 Å². The van der Waals surface area contributed by atoms with Crippen LogP contribution in [0.3, 0.4) is 0 Å². The number of aryl methyl sites for hydroxylation is 1. The lowest BCUT2D eigenvalue weighted by Crippen LogP contribution is -2.47. The zero-order valence-electron chi connectivity index (χ0n) is 11.4. The summed E-state index contributed by atoms with van der Waals surface area (Å²) in [4.78, 5) is 25.1. The van der Waals surface area contributed by atoms with Crippen LogP contribution in [0.2, 0.25) is 0 Å². The normalized spacial score (nSPS) is 16.8. The van der Waals surface area contributed by atoms with Gasteiger partial charge < -0.3 is 20.1 Å². The summed E-state index contributed by atoms with van der Waals surface area (Å²) >= 11 is 1.06. The third-order valence-corrected chi connectivity index (χ3v) is 3.99. The van der Waals surface area contributed by atoms with Gasteiger partial charge in [0.2, 0.25) is 5.91 Å². The second kappa shape index (κ2) is 6.19. The molecule has 0 radical (unpaired) electrons. The first-order chi connectivity index (χ1) is 9.50. The molecule has 0 spiro atoms. The highest BCUT2D eigenvalue weighted by Gasteiger charge is 2.25. The number of carboxylic acid groups (broad SMARTS) is 1. The van der Waals surface area contributed by atoms with Gasteiger partial charge >= 0.3 is 5.97 Å². The largest absolute Gasteiger partial charge is 0.478 e. The number of hydrogen-bond donors (Lipinski definition) is 2. The summed E-state index contributed by atoms with van der Waals surface area (Å²) in [6.07, 6.45) is 0. The van der Waals surface area contributed by atoms with Crippen molar-refractivity contribution in [2.45, 2.75) is 19.9 Å². The molecular weight excluding hydrogens is 282 g/mol. The van der Waals surface area contributed by atoms with E-state index in [4.69, 9.17) is 9.84 Å². The molecule has 0 bridgehead atoms. The number of carbonyl (C=O) groups is 2. The summed E-state index contributed by atoms with van der Waals surface area (Å²) in [5.41, 5.74) is 0.590. The van der Waals surface area contributed by atoms with Crippen LogP contribution < -0.4 is 5.32 Å². The molecule has 0 aromatic carbocycles. The van der Waals surface area contributed by atoms with E-state index in [1.165, 1.54) is 0 Å². The van der Waals surface area contributed by atoms with Gasteiger partial charge in [0.25, 0.3) is 0 Å². The van der Waals surface area contributed by atoms with Crippen LogP contribution in [0.4, 0.5) is 5.00 Å². The highest BCUT2D eigenvalue weighted by atomic mass is 32.1. The Hall–Kier alpha value is -1.67. The molecule has 1 aromatic heterocycles. The van der Waals surface area contributed by atoms with Crippen LogP contribution in [-0.2, 0) is 9.53 Å². The van der Waals surface area contributed by atoms with Gasteiger partial charge in [-0.05, 0) is 25.4 Å². The molecule has 2 heterocycles. The number of nitrogens with one attached hydrogen (secondary N) is 1. The maximum atomic E-state index is 12.2. The lowest BCUT2D eigenvalue weighted by molar-refractivity contribution is -0.135. The van der Waals surface area contributed by atoms with Gasteiger partial charge in [-0.1, -0.05) is 0 Å². The molecule has 0 saturated carbocycles. The van der Waals surface area contributed by atoms with Gasteiger partial charge in [0.05, 0.1) is 18.9 Å². The van der Waals surface area contributed by atoms with E-state index in [0.29, 0.717) is 37.0 Å². The summed E-state index contributed by atoms with van der Waals surface area (Å²) in [5, 5.41) is 12.5. The number of aromatic carboxylic acids is 1. The molecule has 8 heteroatoms. The van der Waals surface area contributed by atoms with Crippen LogP contribution in [0, 0.1) is 6.92 Å². The summed E-state index contributed by atoms with van der Waals surface area (Å²) < 4.78 is 9.22. The van der Waals surface area contributed by atoms with E-state index in [1.54, 1.807) is 18.7 Å². The number of rotatable bonds is 4. The summed E-state index contributed by atoms with van der Waals surface area (Å²) in [7, 11) is 0. The molecule has 1 unspecified atom stereocenters. The summed E-state index contributed by atoms with van der Waals surface area (Å²) in [6.45, 7) is 5.58. The third kappa shape index (κ3) is 3.07. The first kappa shape index (κ1) is 14.7. The van der Waals surface area contributed by atoms with E-state index in [-0.39, 0.29) is 11.5 Å². The Kier molecular flexibility index (Phi) is 4.56. The number of anilines is 1. The highest BCUT2D eigenvalue weighted by Crippen LogP contribution is 2.25. The topological polar surface area (TPSA) is 91.8 Å². The van der Waals surface area contributed by atoms with Crippen LogP contribution in [0.5, 0.6) is 0 Å². The molecule has 110 valence electrons. The number of carboxylic acids is 1.